The molecule has 0 aliphatic carbocycles. The molecule has 0 aromatic heterocycles. The van der Waals surface area contributed by atoms with Crippen LogP contribution in [-0.4, -0.2) is 38.6 Å². The predicted molar refractivity (Wildman–Crippen MR) is 70.9 cm³/mol. The van der Waals surface area contributed by atoms with Gasteiger partial charge in [0.15, 0.2) is 0 Å². The third-order valence-corrected chi connectivity index (χ3v) is 2.87. The molecule has 0 unspecified atom stereocenters. The van der Waals surface area contributed by atoms with Crippen molar-refractivity contribution in [2.45, 2.75) is 19.8 Å². The van der Waals surface area contributed by atoms with Gasteiger partial charge in [-0.05, 0) is 52.5 Å². The monoisotopic (exact) mass is 220 g/mol. The lowest BCUT2D eigenvalue weighted by Crippen LogP contribution is -2.24. The number of rotatable bonds is 7. The van der Waals surface area contributed by atoms with Gasteiger partial charge < -0.3 is 10.2 Å². The van der Waals surface area contributed by atoms with Crippen molar-refractivity contribution in [2.24, 2.45) is 0 Å². The second kappa shape index (κ2) is 7.42. The second-order valence-corrected chi connectivity index (χ2v) is 4.50. The Hall–Kier alpha value is -0.860. The average molecular weight is 220 g/mol. The average Bonchev–Trinajstić information content (AvgIpc) is 2.29. The number of hydrogen-bond acceptors (Lipinski definition) is 2. The Bertz CT molecular complexity index is 279. The summed E-state index contributed by atoms with van der Waals surface area (Å²) in [4.78, 5) is 2.40. The van der Waals surface area contributed by atoms with Gasteiger partial charge in [0.05, 0.1) is 0 Å². The highest BCUT2D eigenvalue weighted by Gasteiger charge is 1.98. The van der Waals surface area contributed by atoms with Crippen molar-refractivity contribution >= 4 is 0 Å². The number of likely N-dealkylation sites (N-methyl/N-ethyl adjacent to an activating group) is 1. The Balaban J connectivity index is 2.20. The van der Waals surface area contributed by atoms with Gasteiger partial charge in [0.2, 0.25) is 0 Å². The van der Waals surface area contributed by atoms with E-state index in [1.807, 2.05) is 7.05 Å². The lowest BCUT2D eigenvalue weighted by Gasteiger charge is -2.16. The number of hydrogen-bond donors (Lipinski definition) is 1. The first-order valence-electron chi connectivity index (χ1n) is 6.11. The van der Waals surface area contributed by atoms with Crippen LogP contribution in [0.25, 0.3) is 0 Å². The Morgan fingerprint density at radius 1 is 1.12 bits per heavy atom. The van der Waals surface area contributed by atoms with Crippen LogP contribution in [0.3, 0.4) is 0 Å². The van der Waals surface area contributed by atoms with E-state index in [1.165, 1.54) is 24.1 Å². The summed E-state index contributed by atoms with van der Waals surface area (Å²) in [6, 6.07) is 8.85. The Morgan fingerprint density at radius 2 is 1.81 bits per heavy atom. The summed E-state index contributed by atoms with van der Waals surface area (Å²) in [5, 5.41) is 3.18. The minimum absolute atomic E-state index is 1.11. The van der Waals surface area contributed by atoms with E-state index in [4.69, 9.17) is 0 Å². The first-order chi connectivity index (χ1) is 7.72. The van der Waals surface area contributed by atoms with Crippen LogP contribution in [0, 0.1) is 6.92 Å². The highest BCUT2D eigenvalue weighted by molar-refractivity contribution is 5.21. The summed E-state index contributed by atoms with van der Waals surface area (Å²) in [6.07, 6.45) is 2.37. The molecule has 0 atom stereocenters. The molecule has 1 rings (SSSR count). The number of benzene rings is 1. The molecule has 16 heavy (non-hydrogen) atoms. The zero-order valence-electron chi connectivity index (χ0n) is 10.8. The molecule has 0 aliphatic rings. The fourth-order valence-corrected chi connectivity index (χ4v) is 1.71. The van der Waals surface area contributed by atoms with E-state index in [9.17, 15) is 0 Å². The fourth-order valence-electron chi connectivity index (χ4n) is 1.71. The summed E-state index contributed by atoms with van der Waals surface area (Å²) in [6.45, 7) is 5.56. The van der Waals surface area contributed by atoms with Crippen LogP contribution >= 0.6 is 0 Å². The molecule has 2 heteroatoms. The van der Waals surface area contributed by atoms with Gasteiger partial charge in [-0.15, -0.1) is 0 Å². The minimum Gasteiger partial charge on any atom is -0.320 e. The molecular weight excluding hydrogens is 196 g/mol. The molecule has 0 spiro atoms. The van der Waals surface area contributed by atoms with E-state index in [0.29, 0.717) is 0 Å². The largest absolute Gasteiger partial charge is 0.320 e. The fraction of sp³-hybridized carbons (Fsp3) is 0.571. The van der Waals surface area contributed by atoms with Crippen molar-refractivity contribution in [2.75, 3.05) is 33.7 Å². The first-order valence-corrected chi connectivity index (χ1v) is 6.11. The minimum atomic E-state index is 1.11. The zero-order valence-corrected chi connectivity index (χ0v) is 10.8. The molecule has 0 heterocycles. The van der Waals surface area contributed by atoms with E-state index in [0.717, 1.165) is 19.5 Å². The third-order valence-electron chi connectivity index (χ3n) is 2.87. The molecule has 0 fully saturated rings. The van der Waals surface area contributed by atoms with Crippen molar-refractivity contribution in [3.05, 3.63) is 35.4 Å². The molecule has 0 saturated carbocycles. The molecule has 2 nitrogen and oxygen atoms in total. The predicted octanol–water partition coefficient (Wildman–Crippen LogP) is 2.08. The third kappa shape index (κ3) is 5.29. The van der Waals surface area contributed by atoms with Crippen molar-refractivity contribution in [3.8, 4) is 0 Å². The first kappa shape index (κ1) is 13.2. The summed E-state index contributed by atoms with van der Waals surface area (Å²) in [7, 11) is 4.20. The maximum atomic E-state index is 3.18. The maximum Gasteiger partial charge on any atom is 0.00188 e. The summed E-state index contributed by atoms with van der Waals surface area (Å²) >= 11 is 0. The van der Waals surface area contributed by atoms with Gasteiger partial charge in [0.1, 0.15) is 0 Å². The van der Waals surface area contributed by atoms with Crippen molar-refractivity contribution in [1.82, 2.24) is 10.2 Å². The molecule has 0 saturated heterocycles. The SMILES string of the molecule is CNCCCN(C)CCc1ccc(C)cc1. The van der Waals surface area contributed by atoms with Crippen LogP contribution in [0.2, 0.25) is 0 Å². The molecule has 1 aromatic carbocycles. The van der Waals surface area contributed by atoms with E-state index in [1.54, 1.807) is 0 Å². The van der Waals surface area contributed by atoms with Gasteiger partial charge in [-0.1, -0.05) is 29.8 Å². The van der Waals surface area contributed by atoms with Crippen molar-refractivity contribution in [1.29, 1.82) is 0 Å². The van der Waals surface area contributed by atoms with Crippen LogP contribution < -0.4 is 5.32 Å². The summed E-state index contributed by atoms with van der Waals surface area (Å²) in [5.41, 5.74) is 2.78. The van der Waals surface area contributed by atoms with E-state index < -0.39 is 0 Å². The summed E-state index contributed by atoms with van der Waals surface area (Å²) in [5.74, 6) is 0. The normalized spacial score (nSPS) is 11.0. The maximum absolute atomic E-state index is 3.18. The van der Waals surface area contributed by atoms with Crippen LogP contribution in [-0.2, 0) is 6.42 Å². The number of nitrogens with zero attached hydrogens (tertiary/aromatic N) is 1. The van der Waals surface area contributed by atoms with Gasteiger partial charge in [-0.25, -0.2) is 0 Å². The summed E-state index contributed by atoms with van der Waals surface area (Å²) < 4.78 is 0. The second-order valence-electron chi connectivity index (χ2n) is 4.50. The van der Waals surface area contributed by atoms with Gasteiger partial charge >= 0.3 is 0 Å². The van der Waals surface area contributed by atoms with E-state index >= 15 is 0 Å². The van der Waals surface area contributed by atoms with Crippen LogP contribution in [0.4, 0.5) is 0 Å². The molecule has 0 aliphatic heterocycles. The van der Waals surface area contributed by atoms with Gasteiger partial charge in [-0.2, -0.15) is 0 Å². The van der Waals surface area contributed by atoms with Crippen LogP contribution in [0.15, 0.2) is 24.3 Å². The topological polar surface area (TPSA) is 15.3 Å². The standard InChI is InChI=1S/C14H24N2/c1-13-5-7-14(8-6-13)9-12-16(3)11-4-10-15-2/h5-8,15H,4,9-12H2,1-3H3. The number of nitrogens with one attached hydrogen (secondary N) is 1. The molecule has 1 aromatic rings. The van der Waals surface area contributed by atoms with Crippen LogP contribution in [0.1, 0.15) is 17.5 Å². The molecule has 0 amide bonds. The molecule has 90 valence electrons. The molecule has 0 radical (unpaired) electrons. The highest BCUT2D eigenvalue weighted by atomic mass is 15.1. The van der Waals surface area contributed by atoms with Crippen molar-refractivity contribution < 1.29 is 0 Å². The number of aryl methyl sites for hydroxylation is 1. The molecule has 0 bridgehead atoms. The van der Waals surface area contributed by atoms with Crippen LogP contribution in [0.5, 0.6) is 0 Å². The zero-order chi connectivity index (χ0) is 11.8. The van der Waals surface area contributed by atoms with E-state index in [-0.39, 0.29) is 0 Å². The highest BCUT2D eigenvalue weighted by Crippen LogP contribution is 2.04. The molecular formula is C14H24N2. The lowest BCUT2D eigenvalue weighted by molar-refractivity contribution is 0.332. The van der Waals surface area contributed by atoms with Crippen molar-refractivity contribution in [3.63, 3.8) is 0 Å². The van der Waals surface area contributed by atoms with Gasteiger partial charge in [0, 0.05) is 6.54 Å². The quantitative estimate of drug-likeness (QED) is 0.708. The Kier molecular flexibility index (Phi) is 6.12. The van der Waals surface area contributed by atoms with Gasteiger partial charge in [-0.3, -0.25) is 0 Å². The smallest absolute Gasteiger partial charge is 0.00188 e. The molecule has 1 N–H and O–H groups in total. The lowest BCUT2D eigenvalue weighted by atomic mass is 10.1. The Morgan fingerprint density at radius 3 is 2.44 bits per heavy atom. The van der Waals surface area contributed by atoms with Gasteiger partial charge in [0.25, 0.3) is 0 Å². The Labute approximate surface area is 99.7 Å². The van der Waals surface area contributed by atoms with E-state index in [2.05, 4.69) is 48.5 Å².